The molecule has 26 heavy (non-hydrogen) atoms. The third kappa shape index (κ3) is 4.68. The van der Waals surface area contributed by atoms with Crippen LogP contribution in [0.3, 0.4) is 0 Å². The van der Waals surface area contributed by atoms with E-state index >= 15 is 0 Å². The van der Waals surface area contributed by atoms with E-state index in [4.69, 9.17) is 4.74 Å². The summed E-state index contributed by atoms with van der Waals surface area (Å²) >= 11 is 0. The van der Waals surface area contributed by atoms with Crippen LogP contribution in [-0.2, 0) is 4.74 Å². The van der Waals surface area contributed by atoms with Crippen LogP contribution in [0.4, 0.5) is 10.5 Å². The van der Waals surface area contributed by atoms with Crippen LogP contribution in [-0.4, -0.2) is 49.4 Å². The van der Waals surface area contributed by atoms with Gasteiger partial charge in [0.25, 0.3) is 0 Å². The zero-order chi connectivity index (χ0) is 17.7. The molecule has 1 atom stereocenters. The second kappa shape index (κ2) is 9.56. The minimum absolute atomic E-state index is 0. The van der Waals surface area contributed by atoms with Crippen LogP contribution in [0, 0.1) is 5.92 Å². The van der Waals surface area contributed by atoms with E-state index in [-0.39, 0.29) is 29.2 Å². The second-order valence-corrected chi connectivity index (χ2v) is 7.54. The van der Waals surface area contributed by atoms with Crippen molar-refractivity contribution in [2.75, 3.05) is 37.6 Å². The average Bonchev–Trinajstić information content (AvgIpc) is 2.64. The Balaban J connectivity index is 0.00000243. The predicted molar refractivity (Wildman–Crippen MR) is 102 cm³/mol. The molecule has 3 saturated heterocycles. The van der Waals surface area contributed by atoms with Crippen molar-refractivity contribution in [3.8, 4) is 0 Å². The van der Waals surface area contributed by atoms with Gasteiger partial charge in [0, 0.05) is 31.0 Å². The fourth-order valence-corrected chi connectivity index (χ4v) is 4.33. The quantitative estimate of drug-likeness (QED) is 0.488. The molecule has 1 aromatic carbocycles. The van der Waals surface area contributed by atoms with E-state index in [0.717, 1.165) is 48.9 Å². The molecule has 2 bridgehead atoms. The number of para-hydroxylation sites is 1. The van der Waals surface area contributed by atoms with E-state index in [9.17, 15) is 4.79 Å². The minimum Gasteiger partial charge on any atom is -1.00 e. The first-order valence-electron chi connectivity index (χ1n) is 9.66. The summed E-state index contributed by atoms with van der Waals surface area (Å²) in [5.74, 6) is 0.526. The Morgan fingerprint density at radius 1 is 1.31 bits per heavy atom. The SMILES string of the molecule is C=CC[N+]12CCC(CC1)[C@@H](OC(=O)N(CCCC)c1ccccc1)C2.[Br-]. The van der Waals surface area contributed by atoms with Gasteiger partial charge in [-0.2, -0.15) is 0 Å². The molecule has 4 rings (SSSR count). The number of benzene rings is 1. The number of ether oxygens (including phenoxy) is 1. The molecule has 3 fully saturated rings. The normalized spacial score (nSPS) is 26.7. The number of quaternary nitrogens is 1. The summed E-state index contributed by atoms with van der Waals surface area (Å²) in [6.45, 7) is 11.1. The summed E-state index contributed by atoms with van der Waals surface area (Å²) in [4.78, 5) is 14.7. The summed E-state index contributed by atoms with van der Waals surface area (Å²) < 4.78 is 7.09. The predicted octanol–water partition coefficient (Wildman–Crippen LogP) is 1.23. The smallest absolute Gasteiger partial charge is 0.414 e. The topological polar surface area (TPSA) is 29.5 Å². The Morgan fingerprint density at radius 3 is 2.62 bits per heavy atom. The van der Waals surface area contributed by atoms with Crippen LogP contribution in [0.25, 0.3) is 0 Å². The van der Waals surface area contributed by atoms with Crippen molar-refractivity contribution in [3.05, 3.63) is 43.0 Å². The Hall–Kier alpha value is -1.33. The van der Waals surface area contributed by atoms with Crippen molar-refractivity contribution >= 4 is 11.8 Å². The first kappa shape index (κ1) is 21.0. The highest BCUT2D eigenvalue weighted by molar-refractivity contribution is 5.87. The lowest BCUT2D eigenvalue weighted by Crippen LogP contribution is -3.00. The van der Waals surface area contributed by atoms with E-state index in [0.29, 0.717) is 12.5 Å². The van der Waals surface area contributed by atoms with Gasteiger partial charge in [0.2, 0.25) is 0 Å². The first-order chi connectivity index (χ1) is 12.2. The molecule has 3 aliphatic rings. The van der Waals surface area contributed by atoms with Gasteiger partial charge in [-0.05, 0) is 24.6 Å². The van der Waals surface area contributed by atoms with E-state index in [1.165, 1.54) is 13.1 Å². The van der Waals surface area contributed by atoms with Crippen LogP contribution >= 0.6 is 0 Å². The molecule has 0 aliphatic carbocycles. The van der Waals surface area contributed by atoms with Crippen molar-refractivity contribution in [2.45, 2.75) is 38.7 Å². The van der Waals surface area contributed by atoms with Crippen LogP contribution in [0.1, 0.15) is 32.6 Å². The number of unbranched alkanes of at least 4 members (excludes halogenated alkanes) is 1. The Morgan fingerprint density at radius 2 is 2.00 bits per heavy atom. The molecule has 1 aromatic rings. The Labute approximate surface area is 168 Å². The van der Waals surface area contributed by atoms with Gasteiger partial charge >= 0.3 is 6.09 Å². The molecule has 5 heteroatoms. The van der Waals surface area contributed by atoms with E-state index in [2.05, 4.69) is 13.5 Å². The number of amides is 1. The van der Waals surface area contributed by atoms with Crippen molar-refractivity contribution < 1.29 is 31.0 Å². The summed E-state index contributed by atoms with van der Waals surface area (Å²) in [7, 11) is 0. The lowest BCUT2D eigenvalue weighted by Gasteiger charge is -2.51. The lowest BCUT2D eigenvalue weighted by atomic mass is 9.83. The molecule has 3 heterocycles. The average molecular weight is 423 g/mol. The van der Waals surface area contributed by atoms with Crippen molar-refractivity contribution in [3.63, 3.8) is 0 Å². The molecule has 0 saturated carbocycles. The van der Waals surface area contributed by atoms with Gasteiger partial charge in [-0.15, -0.1) is 0 Å². The maximum atomic E-state index is 12.9. The third-order valence-electron chi connectivity index (χ3n) is 5.83. The van der Waals surface area contributed by atoms with Gasteiger partial charge in [-0.3, -0.25) is 4.90 Å². The molecule has 3 aliphatic heterocycles. The summed E-state index contributed by atoms with van der Waals surface area (Å²) in [6, 6.07) is 9.89. The van der Waals surface area contributed by atoms with Crippen LogP contribution in [0.5, 0.6) is 0 Å². The molecule has 0 spiro atoms. The van der Waals surface area contributed by atoms with Crippen molar-refractivity contribution in [1.82, 2.24) is 0 Å². The lowest BCUT2D eigenvalue weighted by molar-refractivity contribution is -0.941. The number of halogens is 1. The molecule has 4 nitrogen and oxygen atoms in total. The van der Waals surface area contributed by atoms with Gasteiger partial charge in [0.1, 0.15) is 6.54 Å². The van der Waals surface area contributed by atoms with E-state index < -0.39 is 0 Å². The van der Waals surface area contributed by atoms with Gasteiger partial charge in [0.15, 0.2) is 6.10 Å². The Kier molecular flexibility index (Phi) is 7.71. The second-order valence-electron chi connectivity index (χ2n) is 7.54. The number of hydrogen-bond donors (Lipinski definition) is 0. The number of piperidine rings is 3. The highest BCUT2D eigenvalue weighted by Gasteiger charge is 2.47. The molecule has 0 N–H and O–H groups in total. The molecule has 0 radical (unpaired) electrons. The highest BCUT2D eigenvalue weighted by Crippen LogP contribution is 2.36. The van der Waals surface area contributed by atoms with Crippen molar-refractivity contribution in [1.29, 1.82) is 0 Å². The summed E-state index contributed by atoms with van der Waals surface area (Å²) in [6.07, 6.45) is 6.23. The van der Waals surface area contributed by atoms with Crippen LogP contribution < -0.4 is 21.9 Å². The van der Waals surface area contributed by atoms with Gasteiger partial charge in [0.05, 0.1) is 19.6 Å². The third-order valence-corrected chi connectivity index (χ3v) is 5.83. The van der Waals surface area contributed by atoms with Gasteiger partial charge in [-0.1, -0.05) is 38.1 Å². The maximum Gasteiger partial charge on any atom is 0.414 e. The molecule has 0 unspecified atom stereocenters. The fourth-order valence-electron chi connectivity index (χ4n) is 4.33. The van der Waals surface area contributed by atoms with Crippen LogP contribution in [0.2, 0.25) is 0 Å². The standard InChI is InChI=1S/C21H31N2O2.BrH/c1-3-5-13-22(19-9-7-6-8-10-19)21(24)25-20-17-23(14-4-2)15-11-18(20)12-16-23;/h4,6-10,18,20H,2-3,5,11-17H2,1H3;1H/q+1;/p-1/t18?,20-,23?;/m0./s1. The number of anilines is 1. The molecule has 1 amide bonds. The number of hydrogen-bond acceptors (Lipinski definition) is 2. The monoisotopic (exact) mass is 422 g/mol. The minimum atomic E-state index is -0.185. The Bertz CT molecular complexity index is 585. The van der Waals surface area contributed by atoms with Gasteiger partial charge in [-0.25, -0.2) is 4.79 Å². The van der Waals surface area contributed by atoms with Gasteiger partial charge < -0.3 is 26.2 Å². The largest absolute Gasteiger partial charge is 1.00 e. The van der Waals surface area contributed by atoms with E-state index in [1.54, 1.807) is 4.90 Å². The molecule has 0 aromatic heterocycles. The van der Waals surface area contributed by atoms with E-state index in [1.807, 2.05) is 36.4 Å². The molecular formula is C21H31BrN2O2. The van der Waals surface area contributed by atoms with Crippen LogP contribution in [0.15, 0.2) is 43.0 Å². The number of fused-ring (bicyclic) bond motifs is 3. The van der Waals surface area contributed by atoms with Crippen molar-refractivity contribution in [2.24, 2.45) is 5.92 Å². The first-order valence-corrected chi connectivity index (χ1v) is 9.66. The molecule has 144 valence electrons. The molecular weight excluding hydrogens is 392 g/mol. The summed E-state index contributed by atoms with van der Waals surface area (Å²) in [5, 5.41) is 0. The fraction of sp³-hybridized carbons (Fsp3) is 0.571. The number of carbonyl (C=O) groups excluding carboxylic acids is 1. The zero-order valence-corrected chi connectivity index (χ0v) is 17.4. The number of carbonyl (C=O) groups is 1. The number of nitrogens with zero attached hydrogens (tertiary/aromatic N) is 2. The maximum absolute atomic E-state index is 12.9. The zero-order valence-electron chi connectivity index (χ0n) is 15.8. The summed E-state index contributed by atoms with van der Waals surface area (Å²) in [5.41, 5.74) is 0.928. The highest BCUT2D eigenvalue weighted by atomic mass is 79.9. The number of rotatable bonds is 7.